The number of Topliss-reactive ketones (excluding diaryl/α,β-unsaturated/α-hetero) is 1. The van der Waals surface area contributed by atoms with Crippen molar-refractivity contribution in [3.05, 3.63) is 35.9 Å². The fourth-order valence-corrected chi connectivity index (χ4v) is 4.53. The van der Waals surface area contributed by atoms with Gasteiger partial charge in [0.2, 0.25) is 23.6 Å². The number of carbonyl (C=O) groups excluding carboxylic acids is 5. The van der Waals surface area contributed by atoms with Crippen LogP contribution in [0.4, 0.5) is 0 Å². The summed E-state index contributed by atoms with van der Waals surface area (Å²) in [5, 5.41) is 36.8. The minimum absolute atomic E-state index is 0.0286. The molecule has 0 aliphatic carbocycles. The van der Waals surface area contributed by atoms with E-state index in [1.807, 2.05) is 30.3 Å². The van der Waals surface area contributed by atoms with Crippen molar-refractivity contribution in [1.82, 2.24) is 21.3 Å². The van der Waals surface area contributed by atoms with E-state index < -0.39 is 103 Å². The van der Waals surface area contributed by atoms with Crippen molar-refractivity contribution in [1.29, 1.82) is 0 Å². The molecule has 1 aromatic rings. The van der Waals surface area contributed by atoms with E-state index in [-0.39, 0.29) is 6.42 Å². The van der Waals surface area contributed by atoms with E-state index in [9.17, 15) is 43.5 Å². The first-order valence-electron chi connectivity index (χ1n) is 15.0. The predicted octanol–water partition coefficient (Wildman–Crippen LogP) is 0.788. The van der Waals surface area contributed by atoms with Gasteiger partial charge in [-0.1, -0.05) is 50.6 Å². The highest BCUT2D eigenvalue weighted by atomic mass is 16.4. The zero-order valence-corrected chi connectivity index (χ0v) is 26.2. The lowest BCUT2D eigenvalue weighted by atomic mass is 9.98. The van der Waals surface area contributed by atoms with Crippen molar-refractivity contribution in [2.45, 2.75) is 103 Å². The van der Waals surface area contributed by atoms with Crippen LogP contribution in [-0.4, -0.2) is 86.8 Å². The molecule has 46 heavy (non-hydrogen) atoms. The third-order valence-electron chi connectivity index (χ3n) is 6.91. The van der Waals surface area contributed by atoms with Crippen molar-refractivity contribution in [3.63, 3.8) is 0 Å². The third-order valence-corrected chi connectivity index (χ3v) is 6.91. The summed E-state index contributed by atoms with van der Waals surface area (Å²) in [6, 6.07) is 3.98. The molecule has 4 amide bonds. The molecule has 1 rings (SSSR count). The molecule has 0 fully saturated rings. The highest BCUT2D eigenvalue weighted by molar-refractivity contribution is 5.97. The highest BCUT2D eigenvalue weighted by Crippen LogP contribution is 2.11. The first kappa shape index (κ1) is 39.2. The van der Waals surface area contributed by atoms with Gasteiger partial charge in [-0.3, -0.25) is 38.4 Å². The Morgan fingerprint density at radius 2 is 1.20 bits per heavy atom. The molecule has 0 saturated carbocycles. The van der Waals surface area contributed by atoms with Crippen molar-refractivity contribution < 1.29 is 53.7 Å². The van der Waals surface area contributed by atoms with E-state index in [4.69, 9.17) is 10.2 Å². The minimum atomic E-state index is -1.57. The number of ketones is 1. The quantitative estimate of drug-likeness (QED) is 0.0866. The number of carbonyl (C=O) groups is 8. The molecule has 15 nitrogen and oxygen atoms in total. The van der Waals surface area contributed by atoms with Crippen LogP contribution in [0.25, 0.3) is 0 Å². The zero-order valence-electron chi connectivity index (χ0n) is 26.2. The Balaban J connectivity index is 2.96. The molecule has 0 spiro atoms. The Hall–Kier alpha value is -4.82. The number of hydrogen-bond acceptors (Lipinski definition) is 8. The zero-order chi connectivity index (χ0) is 34.8. The predicted molar refractivity (Wildman–Crippen MR) is 163 cm³/mol. The second-order valence-corrected chi connectivity index (χ2v) is 11.2. The van der Waals surface area contributed by atoms with Gasteiger partial charge >= 0.3 is 17.9 Å². The molecule has 0 aromatic heterocycles. The molecule has 4 unspecified atom stereocenters. The van der Waals surface area contributed by atoms with Crippen LogP contribution in [0.1, 0.15) is 77.7 Å². The summed E-state index contributed by atoms with van der Waals surface area (Å²) < 4.78 is 0. The smallest absolute Gasteiger partial charge is 0.305 e. The van der Waals surface area contributed by atoms with Crippen LogP contribution in [0.2, 0.25) is 0 Å². The fourth-order valence-electron chi connectivity index (χ4n) is 4.53. The van der Waals surface area contributed by atoms with Gasteiger partial charge in [0.05, 0.1) is 18.9 Å². The SMILES string of the molecule is CC(=O)NC(CC(=O)O)C(=O)NC(CCC(=O)O)C(=O)NC(C(=O)NC(CC(=O)O)C(=O)CCCCCc1ccccc1)C(C)C. The lowest BCUT2D eigenvalue weighted by Crippen LogP contribution is -2.59. The summed E-state index contributed by atoms with van der Waals surface area (Å²) in [7, 11) is 0. The molecular formula is C31H44N4O11. The Morgan fingerprint density at radius 1 is 0.630 bits per heavy atom. The number of amides is 4. The van der Waals surface area contributed by atoms with E-state index in [1.54, 1.807) is 13.8 Å². The summed E-state index contributed by atoms with van der Waals surface area (Å²) in [6.45, 7) is 4.18. The number of benzene rings is 1. The number of aryl methyl sites for hydroxylation is 1. The average molecular weight is 649 g/mol. The van der Waals surface area contributed by atoms with Gasteiger partial charge in [-0.2, -0.15) is 0 Å². The maximum absolute atomic E-state index is 13.2. The van der Waals surface area contributed by atoms with Gasteiger partial charge in [-0.15, -0.1) is 0 Å². The van der Waals surface area contributed by atoms with Crippen molar-refractivity contribution in [3.8, 4) is 0 Å². The van der Waals surface area contributed by atoms with Crippen LogP contribution in [0.5, 0.6) is 0 Å². The van der Waals surface area contributed by atoms with Crippen molar-refractivity contribution in [2.24, 2.45) is 5.92 Å². The summed E-state index contributed by atoms with van der Waals surface area (Å²) in [5.41, 5.74) is 1.16. The fraction of sp³-hybridized carbons (Fsp3) is 0.548. The van der Waals surface area contributed by atoms with Gasteiger partial charge in [0.25, 0.3) is 0 Å². The molecule has 7 N–H and O–H groups in total. The Kier molecular flexibility index (Phi) is 17.3. The second kappa shape index (κ2) is 20.3. The van der Waals surface area contributed by atoms with Crippen LogP contribution in [-0.2, 0) is 44.8 Å². The molecule has 15 heteroatoms. The molecule has 0 radical (unpaired) electrons. The summed E-state index contributed by atoms with van der Waals surface area (Å²) >= 11 is 0. The van der Waals surface area contributed by atoms with Gasteiger partial charge in [-0.25, -0.2) is 0 Å². The van der Waals surface area contributed by atoms with Crippen LogP contribution < -0.4 is 21.3 Å². The second-order valence-electron chi connectivity index (χ2n) is 11.2. The molecule has 4 atom stereocenters. The number of carboxylic acids is 3. The highest BCUT2D eigenvalue weighted by Gasteiger charge is 2.33. The molecular weight excluding hydrogens is 604 g/mol. The number of hydrogen-bond donors (Lipinski definition) is 7. The first-order valence-corrected chi connectivity index (χ1v) is 15.0. The molecule has 1 aromatic carbocycles. The molecule has 0 saturated heterocycles. The van der Waals surface area contributed by atoms with E-state index in [0.29, 0.717) is 12.8 Å². The molecule has 0 aliphatic heterocycles. The molecule has 0 aliphatic rings. The summed E-state index contributed by atoms with van der Waals surface area (Å²) in [5.74, 6) is -8.77. The lowest BCUT2D eigenvalue weighted by Gasteiger charge is -2.27. The van der Waals surface area contributed by atoms with Gasteiger partial charge in [0.15, 0.2) is 5.78 Å². The summed E-state index contributed by atoms with van der Waals surface area (Å²) in [4.78, 5) is 97.5. The van der Waals surface area contributed by atoms with Gasteiger partial charge in [0, 0.05) is 19.8 Å². The van der Waals surface area contributed by atoms with Gasteiger partial charge in [0.1, 0.15) is 18.1 Å². The number of nitrogens with one attached hydrogen (secondary N) is 4. The maximum Gasteiger partial charge on any atom is 0.305 e. The van der Waals surface area contributed by atoms with Crippen LogP contribution >= 0.6 is 0 Å². The minimum Gasteiger partial charge on any atom is -0.481 e. The van der Waals surface area contributed by atoms with Crippen molar-refractivity contribution >= 4 is 47.3 Å². The number of aliphatic carboxylic acids is 3. The average Bonchev–Trinajstić information content (AvgIpc) is 2.96. The van der Waals surface area contributed by atoms with E-state index in [2.05, 4.69) is 21.3 Å². The number of carboxylic acid groups (broad SMARTS) is 3. The van der Waals surface area contributed by atoms with Crippen LogP contribution in [0.3, 0.4) is 0 Å². The topological polar surface area (TPSA) is 245 Å². The lowest BCUT2D eigenvalue weighted by molar-refractivity contribution is -0.142. The van der Waals surface area contributed by atoms with Crippen molar-refractivity contribution in [2.75, 3.05) is 0 Å². The number of unbranched alkanes of at least 4 members (excludes halogenated alkanes) is 2. The van der Waals surface area contributed by atoms with Crippen LogP contribution in [0.15, 0.2) is 30.3 Å². The normalized spacial score (nSPS) is 13.4. The summed E-state index contributed by atoms with van der Waals surface area (Å²) in [6.07, 6.45) is 0.329. The number of rotatable bonds is 22. The Bertz CT molecular complexity index is 1220. The largest absolute Gasteiger partial charge is 0.481 e. The molecule has 254 valence electrons. The molecule has 0 bridgehead atoms. The third kappa shape index (κ3) is 15.8. The van der Waals surface area contributed by atoms with E-state index >= 15 is 0 Å². The van der Waals surface area contributed by atoms with Crippen LogP contribution in [0, 0.1) is 5.92 Å². The standard InChI is InChI=1S/C31H44N4O11/c1-18(2)28(35-29(44)21(14-15-25(38)39)33-30(45)23(17-27(42)43)32-19(3)36)31(46)34-22(16-26(40)41)24(37)13-9-5-8-12-20-10-6-4-7-11-20/h4,6-7,10-11,18,21-23,28H,5,8-9,12-17H2,1-3H3,(H,32,36)(H,33,45)(H,34,46)(H,35,44)(H,38,39)(H,40,41)(H,42,43). The van der Waals surface area contributed by atoms with E-state index in [1.165, 1.54) is 0 Å². The Labute approximate surface area is 266 Å². The van der Waals surface area contributed by atoms with Gasteiger partial charge in [-0.05, 0) is 37.2 Å². The maximum atomic E-state index is 13.2. The first-order chi connectivity index (χ1) is 21.6. The van der Waals surface area contributed by atoms with Gasteiger partial charge < -0.3 is 36.6 Å². The monoisotopic (exact) mass is 648 g/mol. The van der Waals surface area contributed by atoms with E-state index in [0.717, 1.165) is 25.3 Å². The molecule has 0 heterocycles. The Morgan fingerprint density at radius 3 is 1.74 bits per heavy atom.